The number of hydrogen-bond donors (Lipinski definition) is 0. The number of rotatable bonds is 6. The second-order valence-corrected chi connectivity index (χ2v) is 8.11. The number of carbonyl (C=O) groups is 3. The van der Waals surface area contributed by atoms with Gasteiger partial charge in [0.1, 0.15) is 6.04 Å². The molecule has 1 saturated heterocycles. The summed E-state index contributed by atoms with van der Waals surface area (Å²) in [5.41, 5.74) is 0.684. The van der Waals surface area contributed by atoms with E-state index in [1.165, 1.54) is 21.1 Å². The van der Waals surface area contributed by atoms with Gasteiger partial charge in [0.25, 0.3) is 11.1 Å². The van der Waals surface area contributed by atoms with Gasteiger partial charge in [0.05, 0.1) is 28.8 Å². The molecule has 1 aliphatic rings. The summed E-state index contributed by atoms with van der Waals surface area (Å²) in [4.78, 5) is 37.6. The Balaban J connectivity index is 2.36. The van der Waals surface area contributed by atoms with E-state index in [9.17, 15) is 14.4 Å². The lowest BCUT2D eigenvalue weighted by Gasteiger charge is -2.18. The summed E-state index contributed by atoms with van der Waals surface area (Å²) >= 11 is 2.91. The molecule has 146 valence electrons. The molecule has 0 aliphatic carbocycles. The molecule has 0 N–H and O–H groups in total. The van der Waals surface area contributed by atoms with E-state index in [0.717, 1.165) is 20.2 Å². The molecule has 1 aromatic carbocycles. The third-order valence-corrected chi connectivity index (χ3v) is 5.34. The maximum absolute atomic E-state index is 12.6. The fraction of sp³-hybridized carbons (Fsp3) is 0.389. The van der Waals surface area contributed by atoms with Gasteiger partial charge in [-0.05, 0) is 78.9 Å². The highest BCUT2D eigenvalue weighted by Gasteiger charge is 2.41. The van der Waals surface area contributed by atoms with Crippen molar-refractivity contribution in [3.8, 4) is 11.5 Å². The summed E-state index contributed by atoms with van der Waals surface area (Å²) in [6.45, 7) is 5.29. The average molecular weight is 505 g/mol. The molecule has 1 heterocycles. The molecule has 2 amide bonds. The van der Waals surface area contributed by atoms with Gasteiger partial charge < -0.3 is 14.2 Å². The zero-order chi connectivity index (χ0) is 20.3. The van der Waals surface area contributed by atoms with Crippen molar-refractivity contribution in [3.63, 3.8) is 0 Å². The Labute approximate surface area is 175 Å². The monoisotopic (exact) mass is 505 g/mol. The Morgan fingerprint density at radius 3 is 2.44 bits per heavy atom. The van der Waals surface area contributed by atoms with Crippen molar-refractivity contribution in [1.82, 2.24) is 4.90 Å². The molecular weight excluding hydrogens is 485 g/mol. The molecule has 1 aliphatic heterocycles. The summed E-state index contributed by atoms with van der Waals surface area (Å²) in [6, 6.07) is 2.58. The fourth-order valence-corrected chi connectivity index (χ4v) is 4.07. The third kappa shape index (κ3) is 4.75. The minimum Gasteiger partial charge on any atom is -0.493 e. The van der Waals surface area contributed by atoms with E-state index in [4.69, 9.17) is 9.47 Å². The molecule has 1 fully saturated rings. The minimum atomic E-state index is -0.982. The molecular formula is C18H20INO6S. The van der Waals surface area contributed by atoms with E-state index in [1.807, 2.05) is 19.9 Å². The molecule has 0 radical (unpaired) electrons. The number of nitrogens with zero attached hydrogens (tertiary/aromatic N) is 1. The van der Waals surface area contributed by atoms with Crippen LogP contribution < -0.4 is 9.47 Å². The summed E-state index contributed by atoms with van der Waals surface area (Å²) in [7, 11) is 2.75. The van der Waals surface area contributed by atoms with Crippen LogP contribution in [0.1, 0.15) is 26.3 Å². The Morgan fingerprint density at radius 2 is 1.89 bits per heavy atom. The van der Waals surface area contributed by atoms with Crippen LogP contribution in [0.4, 0.5) is 4.79 Å². The lowest BCUT2D eigenvalue weighted by Crippen LogP contribution is -2.42. The highest BCUT2D eigenvalue weighted by atomic mass is 127. The van der Waals surface area contributed by atoms with E-state index >= 15 is 0 Å². The van der Waals surface area contributed by atoms with Crippen LogP contribution in [-0.2, 0) is 14.3 Å². The quantitative estimate of drug-likeness (QED) is 0.332. The zero-order valence-corrected chi connectivity index (χ0v) is 18.5. The number of ether oxygens (including phenoxy) is 3. The molecule has 0 aromatic heterocycles. The number of amides is 2. The Morgan fingerprint density at radius 1 is 1.22 bits per heavy atom. The van der Waals surface area contributed by atoms with Crippen LogP contribution in [0.3, 0.4) is 0 Å². The fourth-order valence-electron chi connectivity index (χ4n) is 2.41. The molecule has 27 heavy (non-hydrogen) atoms. The van der Waals surface area contributed by atoms with Crippen molar-refractivity contribution in [2.75, 3.05) is 14.2 Å². The summed E-state index contributed by atoms with van der Waals surface area (Å²) in [6.07, 6.45) is 1.58. The number of thioether (sulfide) groups is 1. The maximum Gasteiger partial charge on any atom is 0.328 e. The second-order valence-electron chi connectivity index (χ2n) is 5.95. The maximum atomic E-state index is 12.6. The summed E-state index contributed by atoms with van der Waals surface area (Å²) in [5.74, 6) is -0.0222. The Hall–Kier alpha value is -1.75. The lowest BCUT2D eigenvalue weighted by atomic mass is 10.1. The van der Waals surface area contributed by atoms with Crippen LogP contribution in [0.15, 0.2) is 17.0 Å². The number of hydrogen-bond acceptors (Lipinski definition) is 7. The Bertz CT molecular complexity index is 807. The van der Waals surface area contributed by atoms with E-state index < -0.39 is 23.2 Å². The predicted molar refractivity (Wildman–Crippen MR) is 111 cm³/mol. The van der Waals surface area contributed by atoms with E-state index in [2.05, 4.69) is 27.3 Å². The number of esters is 1. The van der Waals surface area contributed by atoms with E-state index in [-0.39, 0.29) is 11.0 Å². The molecule has 0 spiro atoms. The van der Waals surface area contributed by atoms with Crippen molar-refractivity contribution >= 4 is 57.5 Å². The number of halogens is 1. The normalized spacial score (nSPS) is 16.9. The van der Waals surface area contributed by atoms with Crippen LogP contribution >= 0.6 is 34.4 Å². The van der Waals surface area contributed by atoms with Crippen molar-refractivity contribution in [2.45, 2.75) is 32.9 Å². The SMILES string of the molecule is COC(=O)[C@H](C)N1C(=O)S/C(=C/c2cc(I)c(OC(C)C)c(OC)c2)C1=O. The van der Waals surface area contributed by atoms with Gasteiger partial charge in [0.2, 0.25) is 0 Å². The predicted octanol–water partition coefficient (Wildman–Crippen LogP) is 3.68. The molecule has 0 unspecified atom stereocenters. The van der Waals surface area contributed by atoms with Gasteiger partial charge in [-0.15, -0.1) is 0 Å². The second kappa shape index (κ2) is 8.96. The molecule has 0 saturated carbocycles. The number of methoxy groups -OCH3 is 2. The van der Waals surface area contributed by atoms with E-state index in [1.54, 1.807) is 12.1 Å². The van der Waals surface area contributed by atoms with Gasteiger partial charge in [-0.1, -0.05) is 0 Å². The van der Waals surface area contributed by atoms with E-state index in [0.29, 0.717) is 17.1 Å². The summed E-state index contributed by atoms with van der Waals surface area (Å²) < 4.78 is 16.6. The van der Waals surface area contributed by atoms with Crippen LogP contribution in [-0.4, -0.2) is 48.4 Å². The van der Waals surface area contributed by atoms with Crippen LogP contribution in [0.5, 0.6) is 11.5 Å². The topological polar surface area (TPSA) is 82.1 Å². The first-order valence-electron chi connectivity index (χ1n) is 8.08. The molecule has 0 bridgehead atoms. The van der Waals surface area contributed by atoms with Crippen LogP contribution in [0.2, 0.25) is 0 Å². The molecule has 7 nitrogen and oxygen atoms in total. The number of benzene rings is 1. The largest absolute Gasteiger partial charge is 0.493 e. The van der Waals surface area contributed by atoms with Gasteiger partial charge >= 0.3 is 5.97 Å². The van der Waals surface area contributed by atoms with Crippen molar-refractivity contribution in [2.24, 2.45) is 0 Å². The highest BCUT2D eigenvalue weighted by molar-refractivity contribution is 14.1. The van der Waals surface area contributed by atoms with Crippen molar-refractivity contribution in [1.29, 1.82) is 0 Å². The molecule has 2 rings (SSSR count). The smallest absolute Gasteiger partial charge is 0.328 e. The number of carbonyl (C=O) groups excluding carboxylic acids is 3. The third-order valence-electron chi connectivity index (χ3n) is 3.66. The highest BCUT2D eigenvalue weighted by Crippen LogP contribution is 2.38. The van der Waals surface area contributed by atoms with Crippen molar-refractivity contribution in [3.05, 3.63) is 26.2 Å². The van der Waals surface area contributed by atoms with Crippen molar-refractivity contribution < 1.29 is 28.6 Å². The lowest BCUT2D eigenvalue weighted by molar-refractivity contribution is -0.148. The first-order chi connectivity index (χ1) is 12.7. The molecule has 1 aromatic rings. The van der Waals surface area contributed by atoms with Gasteiger partial charge in [0, 0.05) is 0 Å². The Kier molecular flexibility index (Phi) is 7.15. The van der Waals surface area contributed by atoms with Gasteiger partial charge in [-0.3, -0.25) is 14.5 Å². The van der Waals surface area contributed by atoms with Crippen LogP contribution in [0.25, 0.3) is 6.08 Å². The average Bonchev–Trinajstić information content (AvgIpc) is 2.88. The zero-order valence-electron chi connectivity index (χ0n) is 15.6. The standard InChI is InChI=1S/C18H20INO6S/c1-9(2)26-15-12(19)6-11(7-13(15)24-4)8-14-16(21)20(18(23)27-14)10(3)17(22)25-5/h6-10H,1-5H3/b14-8+/t10-/m0/s1. The van der Waals surface area contributed by atoms with Gasteiger partial charge in [-0.25, -0.2) is 4.79 Å². The first kappa shape index (κ1) is 21.5. The van der Waals surface area contributed by atoms with Gasteiger partial charge in [0.15, 0.2) is 11.5 Å². The molecule has 9 heteroatoms. The van der Waals surface area contributed by atoms with Crippen LogP contribution in [0, 0.1) is 3.57 Å². The molecule has 1 atom stereocenters. The van der Waals surface area contributed by atoms with Gasteiger partial charge in [-0.2, -0.15) is 0 Å². The first-order valence-corrected chi connectivity index (χ1v) is 9.98. The summed E-state index contributed by atoms with van der Waals surface area (Å²) in [5, 5.41) is -0.509. The minimum absolute atomic E-state index is 0.0189. The number of imide groups is 1.